The standard InChI is InChI=1S/C19H16FN3OS/c1-23-18(17(22-19(23)25)14-4-2-3-11-21-14)16-10-9-15(24-16)12-5-7-13(20)8-6-12/h2-11,17-18H,1H3,(H,22,25)/t17-,18-/m1/s1. The molecule has 0 bridgehead atoms. The highest BCUT2D eigenvalue weighted by Crippen LogP contribution is 2.39. The van der Waals surface area contributed by atoms with Crippen molar-refractivity contribution in [3.05, 3.63) is 78.1 Å². The molecule has 25 heavy (non-hydrogen) atoms. The number of aromatic nitrogens is 1. The molecule has 1 aromatic carbocycles. The largest absolute Gasteiger partial charge is 0.459 e. The van der Waals surface area contributed by atoms with Crippen molar-refractivity contribution in [3.63, 3.8) is 0 Å². The first-order valence-corrected chi connectivity index (χ1v) is 8.34. The van der Waals surface area contributed by atoms with Gasteiger partial charge in [-0.2, -0.15) is 0 Å². The highest BCUT2D eigenvalue weighted by atomic mass is 32.1. The Morgan fingerprint density at radius 3 is 2.64 bits per heavy atom. The zero-order valence-electron chi connectivity index (χ0n) is 13.5. The van der Waals surface area contributed by atoms with Gasteiger partial charge in [0.25, 0.3) is 0 Å². The van der Waals surface area contributed by atoms with Gasteiger partial charge >= 0.3 is 0 Å². The van der Waals surface area contributed by atoms with Gasteiger partial charge in [-0.1, -0.05) is 6.07 Å². The van der Waals surface area contributed by atoms with Crippen molar-refractivity contribution in [1.82, 2.24) is 15.2 Å². The van der Waals surface area contributed by atoms with E-state index in [9.17, 15) is 4.39 Å². The summed E-state index contributed by atoms with van der Waals surface area (Å²) in [6.07, 6.45) is 1.77. The minimum absolute atomic E-state index is 0.0917. The molecule has 0 aliphatic carbocycles. The number of halogens is 1. The highest BCUT2D eigenvalue weighted by molar-refractivity contribution is 7.80. The van der Waals surface area contributed by atoms with Crippen LogP contribution in [0.25, 0.3) is 11.3 Å². The maximum absolute atomic E-state index is 13.1. The predicted octanol–water partition coefficient (Wildman–Crippen LogP) is 4.08. The third kappa shape index (κ3) is 2.89. The van der Waals surface area contributed by atoms with E-state index in [1.807, 2.05) is 42.3 Å². The molecule has 3 heterocycles. The average molecular weight is 353 g/mol. The van der Waals surface area contributed by atoms with Gasteiger partial charge in [-0.3, -0.25) is 4.98 Å². The van der Waals surface area contributed by atoms with E-state index in [2.05, 4.69) is 10.3 Å². The monoisotopic (exact) mass is 353 g/mol. The second kappa shape index (κ2) is 6.29. The summed E-state index contributed by atoms with van der Waals surface area (Å²) in [6.45, 7) is 0. The maximum Gasteiger partial charge on any atom is 0.170 e. The molecule has 0 radical (unpaired) electrons. The molecule has 1 N–H and O–H groups in total. The number of likely N-dealkylation sites (N-methyl/N-ethyl adjacent to an activating group) is 1. The van der Waals surface area contributed by atoms with Gasteiger partial charge in [0.2, 0.25) is 0 Å². The summed E-state index contributed by atoms with van der Waals surface area (Å²) in [7, 11) is 1.93. The molecular weight excluding hydrogens is 337 g/mol. The fraction of sp³-hybridized carbons (Fsp3) is 0.158. The van der Waals surface area contributed by atoms with Crippen LogP contribution in [0.1, 0.15) is 23.5 Å². The lowest BCUT2D eigenvalue weighted by Gasteiger charge is -2.21. The van der Waals surface area contributed by atoms with E-state index in [-0.39, 0.29) is 17.9 Å². The Balaban J connectivity index is 1.69. The molecule has 4 rings (SSSR count). The van der Waals surface area contributed by atoms with Crippen LogP contribution < -0.4 is 5.32 Å². The Morgan fingerprint density at radius 1 is 1.12 bits per heavy atom. The van der Waals surface area contributed by atoms with E-state index >= 15 is 0 Å². The molecule has 0 saturated carbocycles. The van der Waals surface area contributed by atoms with Gasteiger partial charge < -0.3 is 14.6 Å². The number of thiocarbonyl (C=S) groups is 1. The summed E-state index contributed by atoms with van der Waals surface area (Å²) < 4.78 is 19.2. The van der Waals surface area contributed by atoms with Crippen LogP contribution in [0.3, 0.4) is 0 Å². The number of rotatable bonds is 3. The number of benzene rings is 1. The van der Waals surface area contributed by atoms with E-state index in [1.165, 1.54) is 12.1 Å². The SMILES string of the molecule is CN1C(=S)N[C@H](c2ccccn2)[C@H]1c1ccc(-c2ccc(F)cc2)o1. The Bertz CT molecular complexity index is 895. The van der Waals surface area contributed by atoms with Crippen LogP contribution in [-0.2, 0) is 0 Å². The van der Waals surface area contributed by atoms with Crippen LogP contribution >= 0.6 is 12.2 Å². The lowest BCUT2D eigenvalue weighted by Crippen LogP contribution is -2.24. The molecular formula is C19H16FN3OS. The molecule has 6 heteroatoms. The lowest BCUT2D eigenvalue weighted by molar-refractivity contribution is 0.310. The number of hydrogen-bond donors (Lipinski definition) is 1. The molecule has 0 unspecified atom stereocenters. The van der Waals surface area contributed by atoms with Gasteiger partial charge in [0, 0.05) is 18.8 Å². The van der Waals surface area contributed by atoms with Gasteiger partial charge in [0.1, 0.15) is 23.4 Å². The van der Waals surface area contributed by atoms with Crippen LogP contribution in [0.15, 0.2) is 65.2 Å². The smallest absolute Gasteiger partial charge is 0.170 e. The lowest BCUT2D eigenvalue weighted by atomic mass is 10.0. The molecule has 0 amide bonds. The van der Waals surface area contributed by atoms with Crippen molar-refractivity contribution in [2.45, 2.75) is 12.1 Å². The molecule has 4 nitrogen and oxygen atoms in total. The van der Waals surface area contributed by atoms with Crippen molar-refractivity contribution in [1.29, 1.82) is 0 Å². The van der Waals surface area contributed by atoms with Gasteiger partial charge in [-0.15, -0.1) is 0 Å². The topological polar surface area (TPSA) is 41.3 Å². The highest BCUT2D eigenvalue weighted by Gasteiger charge is 2.39. The number of furan rings is 1. The molecule has 2 atom stereocenters. The molecule has 3 aromatic rings. The first-order valence-electron chi connectivity index (χ1n) is 7.93. The normalized spacial score (nSPS) is 19.9. The molecule has 1 aliphatic heterocycles. The van der Waals surface area contributed by atoms with E-state index in [1.54, 1.807) is 18.3 Å². The van der Waals surface area contributed by atoms with Crippen molar-refractivity contribution in [2.24, 2.45) is 0 Å². The second-order valence-corrected chi connectivity index (χ2v) is 6.33. The fourth-order valence-electron chi connectivity index (χ4n) is 3.10. The minimum atomic E-state index is -0.268. The van der Waals surface area contributed by atoms with Crippen LogP contribution in [-0.4, -0.2) is 22.0 Å². The summed E-state index contributed by atoms with van der Waals surface area (Å²) >= 11 is 5.41. The zero-order chi connectivity index (χ0) is 17.4. The summed E-state index contributed by atoms with van der Waals surface area (Å²) in [4.78, 5) is 6.42. The first kappa shape index (κ1) is 15.8. The number of nitrogens with one attached hydrogen (secondary N) is 1. The van der Waals surface area contributed by atoms with Crippen LogP contribution in [0, 0.1) is 5.82 Å². The van der Waals surface area contributed by atoms with Crippen LogP contribution in [0.5, 0.6) is 0 Å². The molecule has 1 saturated heterocycles. The van der Waals surface area contributed by atoms with Gasteiger partial charge in [-0.25, -0.2) is 4.39 Å². The maximum atomic E-state index is 13.1. The Morgan fingerprint density at radius 2 is 1.92 bits per heavy atom. The summed E-state index contributed by atoms with van der Waals surface area (Å²) in [5, 5.41) is 3.96. The molecule has 1 aliphatic rings. The van der Waals surface area contributed by atoms with E-state index < -0.39 is 0 Å². The predicted molar refractivity (Wildman–Crippen MR) is 97.3 cm³/mol. The number of nitrogens with zero attached hydrogens (tertiary/aromatic N) is 2. The van der Waals surface area contributed by atoms with E-state index in [0.29, 0.717) is 10.9 Å². The van der Waals surface area contributed by atoms with Crippen molar-refractivity contribution in [2.75, 3.05) is 7.05 Å². The Labute approximate surface area is 150 Å². The molecule has 1 fully saturated rings. The second-order valence-electron chi connectivity index (χ2n) is 5.95. The van der Waals surface area contributed by atoms with Crippen LogP contribution in [0.2, 0.25) is 0 Å². The quantitative estimate of drug-likeness (QED) is 0.719. The fourth-order valence-corrected chi connectivity index (χ4v) is 3.34. The summed E-state index contributed by atoms with van der Waals surface area (Å²) in [5.41, 5.74) is 1.73. The first-order chi connectivity index (χ1) is 12.1. The zero-order valence-corrected chi connectivity index (χ0v) is 14.3. The van der Waals surface area contributed by atoms with Crippen molar-refractivity contribution >= 4 is 17.3 Å². The Hall–Kier alpha value is -2.73. The van der Waals surface area contributed by atoms with E-state index in [4.69, 9.17) is 16.6 Å². The molecule has 0 spiro atoms. The number of pyridine rings is 1. The molecule has 126 valence electrons. The van der Waals surface area contributed by atoms with Crippen LogP contribution in [0.4, 0.5) is 4.39 Å². The average Bonchev–Trinajstić information content (AvgIpc) is 3.22. The third-order valence-electron chi connectivity index (χ3n) is 4.39. The van der Waals surface area contributed by atoms with Gasteiger partial charge in [0.15, 0.2) is 5.11 Å². The third-order valence-corrected chi connectivity index (χ3v) is 4.79. The Kier molecular flexibility index (Phi) is 3.97. The summed E-state index contributed by atoms with van der Waals surface area (Å²) in [5.74, 6) is 1.21. The van der Waals surface area contributed by atoms with Gasteiger partial charge in [-0.05, 0) is 60.7 Å². The minimum Gasteiger partial charge on any atom is -0.459 e. The van der Waals surface area contributed by atoms with Crippen molar-refractivity contribution < 1.29 is 8.81 Å². The number of hydrogen-bond acceptors (Lipinski definition) is 3. The molecule has 2 aromatic heterocycles. The van der Waals surface area contributed by atoms with E-state index in [0.717, 1.165) is 17.0 Å². The summed E-state index contributed by atoms with van der Waals surface area (Å²) in [6, 6.07) is 15.7. The van der Waals surface area contributed by atoms with Gasteiger partial charge in [0.05, 0.1) is 11.7 Å². The van der Waals surface area contributed by atoms with Crippen molar-refractivity contribution in [3.8, 4) is 11.3 Å².